The fourth-order valence-electron chi connectivity index (χ4n) is 4.00. The summed E-state index contributed by atoms with van der Waals surface area (Å²) < 4.78 is 1.83. The molecular weight excluding hydrogens is 286 g/mol. The minimum absolute atomic E-state index is 0.0377. The van der Waals surface area contributed by atoms with Crippen LogP contribution in [-0.4, -0.2) is 14.5 Å². The Labute approximate surface area is 135 Å². The highest BCUT2D eigenvalue weighted by Gasteiger charge is 2.35. The Morgan fingerprint density at radius 1 is 1.04 bits per heavy atom. The average molecular weight is 307 g/mol. The van der Waals surface area contributed by atoms with Crippen molar-refractivity contribution in [3.8, 4) is 0 Å². The Morgan fingerprint density at radius 3 is 2.61 bits per heavy atom. The number of benzene rings is 1. The minimum Gasteiger partial charge on any atom is -0.304 e. The van der Waals surface area contributed by atoms with E-state index >= 15 is 0 Å². The average Bonchev–Trinajstić information content (AvgIpc) is 2.92. The molecule has 4 nitrogen and oxygen atoms in total. The quantitative estimate of drug-likeness (QED) is 0.803. The molecular formula is C19H21N3O. The van der Waals surface area contributed by atoms with Crippen molar-refractivity contribution >= 4 is 11.2 Å². The van der Waals surface area contributed by atoms with E-state index in [4.69, 9.17) is 0 Å². The zero-order valence-corrected chi connectivity index (χ0v) is 13.2. The molecule has 118 valence electrons. The number of pyridine rings is 1. The molecule has 1 fully saturated rings. The van der Waals surface area contributed by atoms with Gasteiger partial charge in [-0.2, -0.15) is 0 Å². The van der Waals surface area contributed by atoms with Gasteiger partial charge in [-0.3, -0.25) is 4.57 Å². The molecule has 23 heavy (non-hydrogen) atoms. The molecule has 0 bridgehead atoms. The van der Waals surface area contributed by atoms with Gasteiger partial charge in [0.05, 0.1) is 5.52 Å². The topological polar surface area (TPSA) is 50.7 Å². The molecule has 1 N–H and O–H groups in total. The lowest BCUT2D eigenvalue weighted by molar-refractivity contribution is 0.256. The summed E-state index contributed by atoms with van der Waals surface area (Å²) in [6.45, 7) is 0.701. The number of hydrogen-bond acceptors (Lipinski definition) is 2. The summed E-state index contributed by atoms with van der Waals surface area (Å²) in [6.07, 6.45) is 7.74. The lowest BCUT2D eigenvalue weighted by atomic mass is 9.69. The summed E-state index contributed by atoms with van der Waals surface area (Å²) in [6, 6.07) is 14.4. The van der Waals surface area contributed by atoms with Crippen molar-refractivity contribution in [3.63, 3.8) is 0 Å². The molecule has 2 heterocycles. The molecule has 0 amide bonds. The summed E-state index contributed by atoms with van der Waals surface area (Å²) in [7, 11) is 0. The summed E-state index contributed by atoms with van der Waals surface area (Å²) >= 11 is 0. The Bertz CT molecular complexity index is 857. The maximum absolute atomic E-state index is 12.5. The van der Waals surface area contributed by atoms with Gasteiger partial charge in [0, 0.05) is 18.2 Å². The molecule has 0 aliphatic heterocycles. The summed E-state index contributed by atoms with van der Waals surface area (Å²) in [5.74, 6) is 0. The molecule has 1 aliphatic carbocycles. The number of hydrogen-bond donors (Lipinski definition) is 1. The van der Waals surface area contributed by atoms with E-state index < -0.39 is 0 Å². The van der Waals surface area contributed by atoms with E-state index in [9.17, 15) is 4.79 Å². The molecule has 4 heteroatoms. The second-order valence-electron chi connectivity index (χ2n) is 6.60. The van der Waals surface area contributed by atoms with Crippen LogP contribution in [0.25, 0.3) is 11.2 Å². The maximum atomic E-state index is 12.5. The number of nitrogens with zero attached hydrogens (tertiary/aromatic N) is 2. The maximum Gasteiger partial charge on any atom is 0.327 e. The van der Waals surface area contributed by atoms with Gasteiger partial charge in [-0.25, -0.2) is 9.78 Å². The predicted octanol–water partition coefficient (Wildman–Crippen LogP) is 3.63. The number of aromatic amines is 1. The lowest BCUT2D eigenvalue weighted by Gasteiger charge is -2.38. The second kappa shape index (κ2) is 5.69. The van der Waals surface area contributed by atoms with E-state index in [0.717, 1.165) is 24.0 Å². The summed E-state index contributed by atoms with van der Waals surface area (Å²) in [5.41, 5.74) is 2.90. The van der Waals surface area contributed by atoms with Gasteiger partial charge in [0.2, 0.25) is 0 Å². The van der Waals surface area contributed by atoms with Crippen molar-refractivity contribution in [2.24, 2.45) is 0 Å². The van der Waals surface area contributed by atoms with Crippen LogP contribution in [-0.2, 0) is 12.0 Å². The minimum atomic E-state index is -0.0559. The monoisotopic (exact) mass is 307 g/mol. The molecule has 0 unspecified atom stereocenters. The third-order valence-corrected chi connectivity index (χ3v) is 5.19. The van der Waals surface area contributed by atoms with Crippen molar-refractivity contribution in [2.75, 3.05) is 0 Å². The van der Waals surface area contributed by atoms with Gasteiger partial charge in [0.15, 0.2) is 5.65 Å². The fraction of sp³-hybridized carbons (Fsp3) is 0.368. The van der Waals surface area contributed by atoms with E-state index in [1.165, 1.54) is 24.8 Å². The molecule has 1 aromatic carbocycles. The lowest BCUT2D eigenvalue weighted by Crippen LogP contribution is -2.37. The highest BCUT2D eigenvalue weighted by molar-refractivity contribution is 5.70. The molecule has 1 saturated carbocycles. The van der Waals surface area contributed by atoms with Gasteiger partial charge in [-0.1, -0.05) is 49.6 Å². The zero-order valence-electron chi connectivity index (χ0n) is 13.2. The Hall–Kier alpha value is -2.36. The van der Waals surface area contributed by atoms with Crippen LogP contribution in [0.4, 0.5) is 0 Å². The number of rotatable bonds is 3. The SMILES string of the molecule is O=c1[nH]c2cccnc2n1CC1(c2ccccc2)CCCCC1. The Balaban J connectivity index is 1.82. The van der Waals surface area contributed by atoms with E-state index in [1.54, 1.807) is 6.20 Å². The first-order valence-electron chi connectivity index (χ1n) is 8.38. The van der Waals surface area contributed by atoms with Crippen LogP contribution in [0.5, 0.6) is 0 Å². The molecule has 0 saturated heterocycles. The van der Waals surface area contributed by atoms with Crippen molar-refractivity contribution in [1.29, 1.82) is 0 Å². The van der Waals surface area contributed by atoms with E-state index in [1.807, 2.05) is 16.7 Å². The highest BCUT2D eigenvalue weighted by Crippen LogP contribution is 2.40. The van der Waals surface area contributed by atoms with E-state index in [0.29, 0.717) is 6.54 Å². The van der Waals surface area contributed by atoms with E-state index in [2.05, 4.69) is 40.3 Å². The molecule has 0 radical (unpaired) electrons. The normalized spacial score (nSPS) is 17.4. The van der Waals surface area contributed by atoms with E-state index in [-0.39, 0.29) is 11.1 Å². The first kappa shape index (κ1) is 14.2. The van der Waals surface area contributed by atoms with Crippen molar-refractivity contribution in [2.45, 2.75) is 44.1 Å². The van der Waals surface area contributed by atoms with Crippen LogP contribution in [0, 0.1) is 0 Å². The van der Waals surface area contributed by atoms with Crippen LogP contribution < -0.4 is 5.69 Å². The molecule has 1 aliphatic rings. The molecule has 0 atom stereocenters. The predicted molar refractivity (Wildman–Crippen MR) is 91.6 cm³/mol. The number of fused-ring (bicyclic) bond motifs is 1. The van der Waals surface area contributed by atoms with Gasteiger partial charge in [-0.15, -0.1) is 0 Å². The number of aromatic nitrogens is 3. The highest BCUT2D eigenvalue weighted by atomic mass is 16.1. The van der Waals surface area contributed by atoms with Gasteiger partial charge in [0.25, 0.3) is 0 Å². The molecule has 3 aromatic rings. The largest absolute Gasteiger partial charge is 0.327 e. The van der Waals surface area contributed by atoms with Crippen LogP contribution in [0.2, 0.25) is 0 Å². The van der Waals surface area contributed by atoms with Crippen LogP contribution >= 0.6 is 0 Å². The van der Waals surface area contributed by atoms with Crippen LogP contribution in [0.1, 0.15) is 37.7 Å². The van der Waals surface area contributed by atoms with Crippen molar-refractivity contribution in [1.82, 2.24) is 14.5 Å². The van der Waals surface area contributed by atoms with Gasteiger partial charge in [-0.05, 0) is 30.5 Å². The Kier molecular flexibility index (Phi) is 3.52. The van der Waals surface area contributed by atoms with Crippen LogP contribution in [0.15, 0.2) is 53.5 Å². The standard InChI is InChI=1S/C19H21N3O/c23-18-21-16-10-7-13-20-17(16)22(18)14-19(11-5-2-6-12-19)15-8-3-1-4-9-15/h1,3-4,7-10,13H,2,5-6,11-12,14H2,(H,21,23). The fourth-order valence-corrected chi connectivity index (χ4v) is 4.00. The number of imidazole rings is 1. The molecule has 2 aromatic heterocycles. The number of H-pyrrole nitrogens is 1. The Morgan fingerprint density at radius 2 is 1.83 bits per heavy atom. The summed E-state index contributed by atoms with van der Waals surface area (Å²) in [4.78, 5) is 19.8. The van der Waals surface area contributed by atoms with Crippen molar-refractivity contribution < 1.29 is 0 Å². The summed E-state index contributed by atoms with van der Waals surface area (Å²) in [5, 5.41) is 0. The number of nitrogens with one attached hydrogen (secondary N) is 1. The molecule has 4 rings (SSSR count). The van der Waals surface area contributed by atoms with Gasteiger partial charge < -0.3 is 4.98 Å². The zero-order chi connectivity index (χ0) is 15.7. The van der Waals surface area contributed by atoms with Crippen molar-refractivity contribution in [3.05, 3.63) is 64.7 Å². The first-order valence-corrected chi connectivity index (χ1v) is 8.38. The second-order valence-corrected chi connectivity index (χ2v) is 6.60. The third-order valence-electron chi connectivity index (χ3n) is 5.19. The molecule has 0 spiro atoms. The first-order chi connectivity index (χ1) is 11.3. The van der Waals surface area contributed by atoms with Gasteiger partial charge >= 0.3 is 5.69 Å². The van der Waals surface area contributed by atoms with Gasteiger partial charge in [0.1, 0.15) is 0 Å². The van der Waals surface area contributed by atoms with Crippen LogP contribution in [0.3, 0.4) is 0 Å². The third kappa shape index (κ3) is 2.48. The smallest absolute Gasteiger partial charge is 0.304 e.